The van der Waals surface area contributed by atoms with Crippen molar-refractivity contribution in [2.24, 2.45) is 11.7 Å². The molecule has 1 saturated heterocycles. The van der Waals surface area contributed by atoms with Crippen LogP contribution in [0.2, 0.25) is 0 Å². The Kier molecular flexibility index (Phi) is 13.0. The van der Waals surface area contributed by atoms with Crippen LogP contribution >= 0.6 is 37.2 Å². The first-order valence-electron chi connectivity index (χ1n) is 8.39. The van der Waals surface area contributed by atoms with Gasteiger partial charge in [0.05, 0.1) is 5.92 Å². The van der Waals surface area contributed by atoms with Crippen LogP contribution in [-0.2, 0) is 4.79 Å². The first-order valence-corrected chi connectivity index (χ1v) is 8.39. The van der Waals surface area contributed by atoms with Crippen molar-refractivity contribution in [3.8, 4) is 0 Å². The van der Waals surface area contributed by atoms with Crippen molar-refractivity contribution in [2.75, 3.05) is 39.8 Å². The van der Waals surface area contributed by atoms with E-state index >= 15 is 0 Å². The van der Waals surface area contributed by atoms with Gasteiger partial charge in [-0.05, 0) is 33.7 Å². The lowest BCUT2D eigenvalue weighted by Crippen LogP contribution is -2.55. The number of rotatable bonds is 4. The first-order chi connectivity index (χ1) is 9.90. The third kappa shape index (κ3) is 7.22. The van der Waals surface area contributed by atoms with Crippen LogP contribution in [0.15, 0.2) is 0 Å². The maximum absolute atomic E-state index is 12.4. The molecule has 2 rings (SSSR count). The molecule has 0 aromatic carbocycles. The summed E-state index contributed by atoms with van der Waals surface area (Å²) in [6, 6.07) is 0.398. The third-order valence-corrected chi connectivity index (χ3v) is 5.30. The summed E-state index contributed by atoms with van der Waals surface area (Å²) in [5, 5.41) is 3.14. The molecular formula is C16H35Cl3N4O. The monoisotopic (exact) mass is 404 g/mol. The summed E-state index contributed by atoms with van der Waals surface area (Å²) in [5.74, 6) is 0.131. The van der Waals surface area contributed by atoms with Crippen molar-refractivity contribution < 1.29 is 4.79 Å². The highest BCUT2D eigenvalue weighted by atomic mass is 35.5. The predicted octanol–water partition coefficient (Wildman–Crippen LogP) is 1.91. The minimum atomic E-state index is -0.334. The number of likely N-dealkylation sites (N-methyl/N-ethyl adjacent to an activating group) is 1. The summed E-state index contributed by atoms with van der Waals surface area (Å²) in [7, 11) is 2.16. The molecule has 146 valence electrons. The number of amides is 1. The van der Waals surface area contributed by atoms with E-state index in [1.807, 2.05) is 6.92 Å². The number of hydrogen-bond donors (Lipinski definition) is 2. The molecule has 5 nitrogen and oxygen atoms in total. The molecule has 1 aliphatic heterocycles. The maximum Gasteiger partial charge on any atom is 0.225 e. The SMILES string of the molecule is CC(CNC(=O)C1CCCCC1(C)N)N1CCN(C)CC1.Cl.Cl.Cl. The standard InChI is InChI=1S/C16H32N4O.3ClH/c1-13(20-10-8-19(3)9-11-20)12-18-15(21)14-6-4-5-7-16(14,2)17;;;/h13-14H,4-12,17H2,1-3H3,(H,18,21);3*1H. The second-order valence-corrected chi connectivity index (χ2v) is 7.24. The number of piperazine rings is 1. The summed E-state index contributed by atoms with van der Waals surface area (Å²) in [4.78, 5) is 17.2. The van der Waals surface area contributed by atoms with Crippen molar-refractivity contribution >= 4 is 43.1 Å². The summed E-state index contributed by atoms with van der Waals surface area (Å²) < 4.78 is 0. The zero-order chi connectivity index (χ0) is 15.5. The molecule has 1 aliphatic carbocycles. The van der Waals surface area contributed by atoms with Gasteiger partial charge < -0.3 is 16.0 Å². The van der Waals surface area contributed by atoms with E-state index in [9.17, 15) is 4.79 Å². The van der Waals surface area contributed by atoms with E-state index in [0.717, 1.165) is 58.4 Å². The Hall–Kier alpha value is 0.220. The van der Waals surface area contributed by atoms with Gasteiger partial charge in [-0.2, -0.15) is 0 Å². The van der Waals surface area contributed by atoms with Gasteiger partial charge in [0, 0.05) is 44.3 Å². The number of nitrogens with two attached hydrogens (primary N) is 1. The van der Waals surface area contributed by atoms with Gasteiger partial charge in [0.1, 0.15) is 0 Å². The van der Waals surface area contributed by atoms with E-state index in [4.69, 9.17) is 5.73 Å². The fourth-order valence-corrected chi connectivity index (χ4v) is 3.55. The van der Waals surface area contributed by atoms with Crippen molar-refractivity contribution in [3.05, 3.63) is 0 Å². The molecule has 3 atom stereocenters. The van der Waals surface area contributed by atoms with E-state index in [0.29, 0.717) is 6.04 Å². The summed E-state index contributed by atoms with van der Waals surface area (Å²) in [6.07, 6.45) is 4.16. The van der Waals surface area contributed by atoms with Gasteiger partial charge in [-0.25, -0.2) is 0 Å². The van der Waals surface area contributed by atoms with Gasteiger partial charge in [0.2, 0.25) is 5.91 Å². The van der Waals surface area contributed by atoms with Crippen molar-refractivity contribution in [3.63, 3.8) is 0 Å². The number of hydrogen-bond acceptors (Lipinski definition) is 4. The third-order valence-electron chi connectivity index (χ3n) is 5.30. The topological polar surface area (TPSA) is 61.6 Å². The average Bonchev–Trinajstić information content (AvgIpc) is 2.44. The number of carbonyl (C=O) groups excluding carboxylic acids is 1. The molecule has 24 heavy (non-hydrogen) atoms. The fourth-order valence-electron chi connectivity index (χ4n) is 3.55. The van der Waals surface area contributed by atoms with Crippen molar-refractivity contribution in [1.82, 2.24) is 15.1 Å². The van der Waals surface area contributed by atoms with Gasteiger partial charge in [-0.3, -0.25) is 9.69 Å². The van der Waals surface area contributed by atoms with Crippen LogP contribution < -0.4 is 11.1 Å². The molecule has 0 spiro atoms. The Morgan fingerprint density at radius 2 is 1.79 bits per heavy atom. The quantitative estimate of drug-likeness (QED) is 0.750. The second kappa shape index (κ2) is 11.8. The Morgan fingerprint density at radius 1 is 1.21 bits per heavy atom. The molecule has 0 aromatic heterocycles. The smallest absolute Gasteiger partial charge is 0.225 e. The van der Waals surface area contributed by atoms with Gasteiger partial charge in [-0.15, -0.1) is 37.2 Å². The molecule has 0 radical (unpaired) electrons. The van der Waals surface area contributed by atoms with Gasteiger partial charge in [0.25, 0.3) is 0 Å². The highest BCUT2D eigenvalue weighted by Gasteiger charge is 2.37. The maximum atomic E-state index is 12.4. The van der Waals surface area contributed by atoms with E-state index in [2.05, 4.69) is 29.1 Å². The summed E-state index contributed by atoms with van der Waals surface area (Å²) >= 11 is 0. The van der Waals surface area contributed by atoms with Crippen LogP contribution in [-0.4, -0.2) is 67.1 Å². The van der Waals surface area contributed by atoms with Crippen LogP contribution in [0.3, 0.4) is 0 Å². The number of carbonyl (C=O) groups is 1. The Morgan fingerprint density at radius 3 is 2.33 bits per heavy atom. The number of nitrogens with zero attached hydrogens (tertiary/aromatic N) is 2. The summed E-state index contributed by atoms with van der Waals surface area (Å²) in [5.41, 5.74) is 5.98. The molecule has 1 heterocycles. The van der Waals surface area contributed by atoms with Gasteiger partial charge in [-0.1, -0.05) is 12.8 Å². The normalized spacial score (nSPS) is 29.4. The minimum absolute atomic E-state index is 0. The van der Waals surface area contributed by atoms with E-state index in [-0.39, 0.29) is 54.6 Å². The van der Waals surface area contributed by atoms with Crippen molar-refractivity contribution in [2.45, 2.75) is 51.1 Å². The molecule has 3 N–H and O–H groups in total. The minimum Gasteiger partial charge on any atom is -0.354 e. The Bertz CT molecular complexity index is 363. The molecule has 0 aromatic rings. The highest BCUT2D eigenvalue weighted by Crippen LogP contribution is 2.31. The lowest BCUT2D eigenvalue weighted by atomic mass is 9.74. The summed E-state index contributed by atoms with van der Waals surface area (Å²) in [6.45, 7) is 9.37. The first kappa shape index (κ1) is 26.4. The lowest BCUT2D eigenvalue weighted by Gasteiger charge is -2.39. The van der Waals surface area contributed by atoms with E-state index in [1.165, 1.54) is 0 Å². The molecule has 8 heteroatoms. The molecule has 2 fully saturated rings. The van der Waals surface area contributed by atoms with Gasteiger partial charge >= 0.3 is 0 Å². The van der Waals surface area contributed by atoms with Crippen LogP contribution in [0.1, 0.15) is 39.5 Å². The molecule has 1 saturated carbocycles. The Labute approximate surface area is 165 Å². The second-order valence-electron chi connectivity index (χ2n) is 7.24. The van der Waals surface area contributed by atoms with Gasteiger partial charge in [0.15, 0.2) is 0 Å². The Balaban J connectivity index is 0. The number of halogens is 3. The molecule has 1 amide bonds. The zero-order valence-electron chi connectivity index (χ0n) is 15.1. The molecule has 0 bridgehead atoms. The molecular weight excluding hydrogens is 371 g/mol. The fraction of sp³-hybridized carbons (Fsp3) is 0.938. The lowest BCUT2D eigenvalue weighted by molar-refractivity contribution is -0.128. The average molecular weight is 406 g/mol. The van der Waals surface area contributed by atoms with Crippen LogP contribution in [0.4, 0.5) is 0 Å². The van der Waals surface area contributed by atoms with Crippen LogP contribution in [0.5, 0.6) is 0 Å². The van der Waals surface area contributed by atoms with Crippen LogP contribution in [0.25, 0.3) is 0 Å². The highest BCUT2D eigenvalue weighted by molar-refractivity contribution is 5.86. The van der Waals surface area contributed by atoms with Crippen molar-refractivity contribution in [1.29, 1.82) is 0 Å². The van der Waals surface area contributed by atoms with E-state index < -0.39 is 0 Å². The predicted molar refractivity (Wildman–Crippen MR) is 108 cm³/mol. The molecule has 3 unspecified atom stereocenters. The zero-order valence-corrected chi connectivity index (χ0v) is 17.6. The molecule has 2 aliphatic rings. The largest absolute Gasteiger partial charge is 0.354 e. The van der Waals surface area contributed by atoms with Crippen LogP contribution in [0, 0.1) is 5.92 Å². The van der Waals surface area contributed by atoms with E-state index in [1.54, 1.807) is 0 Å². The number of nitrogens with one attached hydrogen (secondary N) is 1.